The van der Waals surface area contributed by atoms with Gasteiger partial charge in [0.25, 0.3) is 0 Å². The van der Waals surface area contributed by atoms with Gasteiger partial charge in [0.15, 0.2) is 5.82 Å². The summed E-state index contributed by atoms with van der Waals surface area (Å²) in [7, 11) is -0.245. The molecule has 0 atom stereocenters. The molecule has 1 aliphatic heterocycles. The van der Waals surface area contributed by atoms with Crippen molar-refractivity contribution in [2.75, 3.05) is 35.8 Å². The molecule has 0 saturated heterocycles. The Morgan fingerprint density at radius 1 is 1.14 bits per heavy atom. The van der Waals surface area contributed by atoms with Gasteiger partial charge in [-0.2, -0.15) is 4.98 Å². The summed E-state index contributed by atoms with van der Waals surface area (Å²) < 4.78 is 0. The van der Waals surface area contributed by atoms with Gasteiger partial charge < -0.3 is 16.0 Å². The predicted molar refractivity (Wildman–Crippen MR) is 121 cm³/mol. The number of halogens is 1. The smallest absolute Gasteiger partial charge is 0.227 e. The topological polar surface area (TPSA) is 67.1 Å². The van der Waals surface area contributed by atoms with Crippen LogP contribution in [0.1, 0.15) is 11.1 Å². The number of aromatic nitrogens is 2. The molecule has 2 heterocycles. The maximum absolute atomic E-state index is 6.40. The van der Waals surface area contributed by atoms with Crippen LogP contribution in [0.15, 0.2) is 48.7 Å². The van der Waals surface area contributed by atoms with Crippen molar-refractivity contribution >= 4 is 48.0 Å². The lowest BCUT2D eigenvalue weighted by molar-refractivity contribution is 0.710. The average Bonchev–Trinajstić information content (AvgIpc) is 2.70. The lowest BCUT2D eigenvalue weighted by Crippen LogP contribution is -2.32. The second-order valence-corrected chi connectivity index (χ2v) is 9.74. The minimum atomic E-state index is -0.245. The first kappa shape index (κ1) is 19.0. The monoisotopic (exact) mass is 411 g/mol. The van der Waals surface area contributed by atoms with E-state index >= 15 is 0 Å². The van der Waals surface area contributed by atoms with Crippen molar-refractivity contribution < 1.29 is 0 Å². The molecule has 4 rings (SSSR count). The summed E-state index contributed by atoms with van der Waals surface area (Å²) in [4.78, 5) is 11.4. The lowest BCUT2D eigenvalue weighted by Gasteiger charge is -2.29. The van der Waals surface area contributed by atoms with E-state index in [4.69, 9.17) is 22.3 Å². The fraction of sp³-hybridized carbons (Fsp3) is 0.238. The highest BCUT2D eigenvalue weighted by Crippen LogP contribution is 2.32. The molecule has 0 bridgehead atoms. The first-order chi connectivity index (χ1) is 13.5. The summed E-state index contributed by atoms with van der Waals surface area (Å²) in [5, 5.41) is 5.22. The summed E-state index contributed by atoms with van der Waals surface area (Å²) in [6.45, 7) is 6.04. The van der Waals surface area contributed by atoms with E-state index in [9.17, 15) is 0 Å². The zero-order valence-corrected chi connectivity index (χ0v) is 17.6. The van der Waals surface area contributed by atoms with Crippen LogP contribution in [0, 0.1) is 0 Å². The summed E-state index contributed by atoms with van der Waals surface area (Å²) >= 11 is 6.40. The molecule has 28 heavy (non-hydrogen) atoms. The van der Waals surface area contributed by atoms with E-state index in [-0.39, 0.29) is 7.92 Å². The number of hydrogen-bond donors (Lipinski definition) is 2. The Labute approximate surface area is 171 Å². The van der Waals surface area contributed by atoms with E-state index in [1.807, 2.05) is 18.2 Å². The Bertz CT molecular complexity index is 1010. The first-order valence-corrected chi connectivity index (χ1v) is 11.8. The number of nitrogens with two attached hydrogens (primary N) is 1. The summed E-state index contributed by atoms with van der Waals surface area (Å²) in [5.41, 5.74) is 10.5. The third-order valence-electron chi connectivity index (χ3n) is 4.96. The van der Waals surface area contributed by atoms with Gasteiger partial charge in [-0.25, -0.2) is 4.98 Å². The lowest BCUT2D eigenvalue weighted by atomic mass is 9.98. The van der Waals surface area contributed by atoms with Gasteiger partial charge in [-0.05, 0) is 48.3 Å². The van der Waals surface area contributed by atoms with Crippen LogP contribution in [0.5, 0.6) is 0 Å². The highest BCUT2D eigenvalue weighted by atomic mass is 35.5. The van der Waals surface area contributed by atoms with Crippen molar-refractivity contribution in [3.63, 3.8) is 0 Å². The van der Waals surface area contributed by atoms with E-state index in [1.54, 1.807) is 6.20 Å². The molecule has 144 valence electrons. The number of nitrogens with one attached hydrogen (secondary N) is 1. The molecular formula is C21H23ClN5P. The summed E-state index contributed by atoms with van der Waals surface area (Å²) in [6, 6.07) is 14.4. The maximum atomic E-state index is 6.40. The average molecular weight is 412 g/mol. The number of nitrogen functional groups attached to an aromatic ring is 1. The van der Waals surface area contributed by atoms with Crippen molar-refractivity contribution in [3.05, 3.63) is 64.8 Å². The second kappa shape index (κ2) is 7.94. The van der Waals surface area contributed by atoms with Gasteiger partial charge in [0, 0.05) is 24.5 Å². The fourth-order valence-electron chi connectivity index (χ4n) is 3.50. The maximum Gasteiger partial charge on any atom is 0.227 e. The highest BCUT2D eigenvalue weighted by Gasteiger charge is 2.21. The van der Waals surface area contributed by atoms with Crippen LogP contribution in [-0.4, -0.2) is 29.8 Å². The third-order valence-corrected chi connectivity index (χ3v) is 6.59. The molecular weight excluding hydrogens is 389 g/mol. The van der Waals surface area contributed by atoms with Crippen LogP contribution < -0.4 is 21.3 Å². The zero-order valence-electron chi connectivity index (χ0n) is 16.0. The number of para-hydroxylation sites is 1. The Morgan fingerprint density at radius 2 is 1.96 bits per heavy atom. The van der Waals surface area contributed by atoms with Gasteiger partial charge in [-0.15, -0.1) is 0 Å². The van der Waals surface area contributed by atoms with Crippen LogP contribution in [0.4, 0.5) is 23.1 Å². The molecule has 0 fully saturated rings. The van der Waals surface area contributed by atoms with Crippen LogP contribution in [0.25, 0.3) is 0 Å². The van der Waals surface area contributed by atoms with Gasteiger partial charge in [0.05, 0.1) is 6.20 Å². The van der Waals surface area contributed by atoms with E-state index in [0.29, 0.717) is 16.8 Å². The first-order valence-electron chi connectivity index (χ1n) is 9.20. The number of nitrogens with zero attached hydrogens (tertiary/aromatic N) is 3. The predicted octanol–water partition coefficient (Wildman–Crippen LogP) is 4.39. The van der Waals surface area contributed by atoms with Crippen LogP contribution in [-0.2, 0) is 13.0 Å². The molecule has 1 aromatic heterocycles. The van der Waals surface area contributed by atoms with Crippen LogP contribution >= 0.6 is 19.5 Å². The summed E-state index contributed by atoms with van der Waals surface area (Å²) in [6.07, 6.45) is 2.56. The van der Waals surface area contributed by atoms with Gasteiger partial charge in [0.1, 0.15) is 5.02 Å². The molecule has 0 unspecified atom stereocenters. The molecule has 0 saturated carbocycles. The molecule has 3 N–H and O–H groups in total. The van der Waals surface area contributed by atoms with Gasteiger partial charge in [0.2, 0.25) is 5.95 Å². The van der Waals surface area contributed by atoms with Crippen LogP contribution in [0.2, 0.25) is 5.02 Å². The largest absolute Gasteiger partial charge is 0.398 e. The van der Waals surface area contributed by atoms with Crippen molar-refractivity contribution in [2.24, 2.45) is 0 Å². The van der Waals surface area contributed by atoms with E-state index < -0.39 is 0 Å². The van der Waals surface area contributed by atoms with Gasteiger partial charge in [-0.3, -0.25) is 0 Å². The standard InChI is InChI=1S/C21H23ClN5P/c1-28(2)19-9-4-3-8-18(19)25-20-16(22)12-24-21(26-20)27-11-10-15-14(13-27)6-5-7-17(15)23/h3-9,12H,10-11,13,23H2,1-2H3,(H,24,25,26). The van der Waals surface area contributed by atoms with Crippen molar-refractivity contribution in [2.45, 2.75) is 13.0 Å². The highest BCUT2D eigenvalue weighted by molar-refractivity contribution is 7.64. The van der Waals surface area contributed by atoms with Crippen LogP contribution in [0.3, 0.4) is 0 Å². The Balaban J connectivity index is 1.62. The molecule has 0 radical (unpaired) electrons. The molecule has 0 amide bonds. The molecule has 3 aromatic rings. The number of hydrogen-bond acceptors (Lipinski definition) is 5. The third kappa shape index (κ3) is 3.78. The molecule has 0 spiro atoms. The quantitative estimate of drug-likeness (QED) is 0.492. The number of rotatable bonds is 4. The van der Waals surface area contributed by atoms with Crippen molar-refractivity contribution in [1.29, 1.82) is 0 Å². The molecule has 5 nitrogen and oxygen atoms in total. The van der Waals surface area contributed by atoms with Gasteiger partial charge >= 0.3 is 0 Å². The van der Waals surface area contributed by atoms with E-state index in [2.05, 4.69) is 52.8 Å². The van der Waals surface area contributed by atoms with Crippen molar-refractivity contribution in [3.8, 4) is 0 Å². The summed E-state index contributed by atoms with van der Waals surface area (Å²) in [5.74, 6) is 1.31. The van der Waals surface area contributed by atoms with Gasteiger partial charge in [-0.1, -0.05) is 49.9 Å². The number of anilines is 4. The zero-order chi connectivity index (χ0) is 19.7. The van der Waals surface area contributed by atoms with E-state index in [1.165, 1.54) is 16.4 Å². The molecule has 1 aliphatic rings. The number of fused-ring (bicyclic) bond motifs is 1. The van der Waals surface area contributed by atoms with Crippen molar-refractivity contribution in [1.82, 2.24) is 9.97 Å². The Kier molecular flexibility index (Phi) is 5.38. The Hall–Kier alpha value is -2.36. The normalized spacial score (nSPS) is 13.5. The van der Waals surface area contributed by atoms with E-state index in [0.717, 1.165) is 30.9 Å². The minimum Gasteiger partial charge on any atom is -0.398 e. The second-order valence-electron chi connectivity index (χ2n) is 7.06. The fourth-order valence-corrected chi connectivity index (χ4v) is 4.64. The molecule has 2 aromatic carbocycles. The Morgan fingerprint density at radius 3 is 2.79 bits per heavy atom. The molecule has 0 aliphatic carbocycles. The minimum absolute atomic E-state index is 0.245. The SMILES string of the molecule is CP(C)c1ccccc1Nc1nc(N2CCc3c(N)cccc3C2)ncc1Cl. The number of benzene rings is 2. The molecule has 7 heteroatoms.